The van der Waals surface area contributed by atoms with Crippen LogP contribution in [0.4, 0.5) is 4.39 Å². The Labute approximate surface area is 765 Å². The number of amides is 3. The number of alkyl halides is 1. The molecule has 16 rings (SSSR count). The number of carbonyl (C=O) groups excluding carboxylic acids is 3. The fourth-order valence-corrected chi connectivity index (χ4v) is 16.3. The van der Waals surface area contributed by atoms with Gasteiger partial charge in [-0.3, -0.25) is 48.4 Å². The van der Waals surface area contributed by atoms with E-state index >= 15 is 0 Å². The fraction of sp³-hybridized carbons (Fsp3) is 0.354. The number of aromatic nitrogens is 3. The van der Waals surface area contributed by atoms with Crippen molar-refractivity contribution in [2.24, 2.45) is 0 Å². The summed E-state index contributed by atoms with van der Waals surface area (Å²) in [5.41, 5.74) is 15.8. The van der Waals surface area contributed by atoms with Crippen molar-refractivity contribution in [3.8, 4) is 62.3 Å². The molecule has 4 saturated heterocycles. The van der Waals surface area contributed by atoms with Gasteiger partial charge < -0.3 is 63.3 Å². The second-order valence-electron chi connectivity index (χ2n) is 33.2. The predicted molar refractivity (Wildman–Crippen MR) is 491 cm³/mol. The first-order valence-corrected chi connectivity index (χ1v) is 41.5. The van der Waals surface area contributed by atoms with Crippen LogP contribution in [-0.4, -0.2) is 209 Å². The number of pyridine rings is 3. The van der Waals surface area contributed by atoms with Crippen LogP contribution in [0, 0.1) is 23.2 Å². The molecule has 125 heavy (non-hydrogen) atoms. The van der Waals surface area contributed by atoms with E-state index < -0.39 is 7.15 Å². The van der Waals surface area contributed by atoms with Gasteiger partial charge in [-0.2, -0.15) is 5.26 Å². The standard InChI is InChI=1S/C30H30N4O3.C29H30ClN3O3.C19H29BClNO3.C16H13ClN2O2.CH3F.CN.ClH.Cu/c1-30(2,34-13-15-36-16-14-34)25-10-9-22(17-23(25)19-31)24-11-12-32-26-18-27(37-28(24)26)20-5-7-21(8-6-20)29(35)33(3)4;1-29(2,33-13-15-35-16-14-33)23-10-9-21(17-24(23)30)22-11-12-31-25-18-26(36-27(22)25)19-5-7-20(8-6-19)28(34)32(3)4;1-17(2,22-9-11-23-12-10-22)15-8-7-14(13-16(15)21)20-24-18(3,4)19(5,6)25-20;1-19(2)16(20)11-5-3-10(4-6-11)14-9-13-15(21-14)12(17)7-8-18-13;2*1-2;;/h5-12,17-18H,13-16H2,1-4H3;5-12,17-18H,13-16H2,1-4H3;7-8,13H,9-12H2,1-6H3;3-9H,1-2H3;1H3;;1H;/q;;;;;-1;;+1/i;;;;1D;;;. The second-order valence-corrected chi connectivity index (χ2v) is 34.4. The first kappa shape index (κ1) is 97.3. The van der Waals surface area contributed by atoms with Crippen LogP contribution >= 0.6 is 47.2 Å². The first-order valence-electron chi connectivity index (χ1n) is 41.1. The van der Waals surface area contributed by atoms with Crippen molar-refractivity contribution < 1.29 is 74.0 Å². The van der Waals surface area contributed by atoms with Gasteiger partial charge in [0.25, 0.3) is 17.7 Å². The van der Waals surface area contributed by atoms with Crippen LogP contribution in [0.15, 0.2) is 196 Å². The number of hydrogen-bond acceptors (Lipinski definition) is 19. The molecule has 0 saturated carbocycles. The topological polar surface area (TPSA) is 242 Å². The fourth-order valence-electron chi connectivity index (χ4n) is 15.3. The van der Waals surface area contributed by atoms with Crippen LogP contribution in [0.5, 0.6) is 0 Å². The number of rotatable bonds is 15. The van der Waals surface area contributed by atoms with Crippen LogP contribution in [0.25, 0.3) is 89.5 Å². The summed E-state index contributed by atoms with van der Waals surface area (Å²) < 4.78 is 62.6. The van der Waals surface area contributed by atoms with Gasteiger partial charge >= 0.3 is 24.2 Å². The van der Waals surface area contributed by atoms with Crippen LogP contribution < -0.4 is 5.46 Å². The number of morpholine rings is 3. The van der Waals surface area contributed by atoms with Crippen molar-refractivity contribution in [1.82, 2.24) is 44.4 Å². The van der Waals surface area contributed by atoms with Gasteiger partial charge in [-0.25, -0.2) is 0 Å². The van der Waals surface area contributed by atoms with Crippen molar-refractivity contribution in [1.29, 1.82) is 10.5 Å². The maximum absolute atomic E-state index is 12.2. The number of hydrogen-bond donors (Lipinski definition) is 0. The molecule has 29 heteroatoms. The SMILES string of the molecule is CC(C)(c1ccc(B2OC(C)(C)C(C)(C)O2)cc1Cl)N1CCOCC1.CN(C)C(=O)c1ccc(-c2cc3nccc(-c4ccc(C(C)(C)N5CCOCC5)c(C#N)c4)c3o2)cc1.CN(C)C(=O)c1ccc(-c2cc3nccc(-c4ccc(C(C)(C)N5CCOCC5)c(Cl)c4)c3o2)cc1.CN(C)C(=O)c1ccc(-c2cc3nccc(Cl)c3o2)cc1.Cl.[2H]CF.[C-]#N.[Cu+]. The van der Waals surface area contributed by atoms with Gasteiger partial charge in [-0.15, -0.1) is 12.4 Å². The third-order valence-electron chi connectivity index (χ3n) is 23.3. The largest absolute Gasteiger partial charge is 1.00 e. The average Bonchev–Trinajstić information content (AvgIpc) is 1.53. The van der Waals surface area contributed by atoms with Crippen molar-refractivity contribution in [3.05, 3.63) is 243 Å². The zero-order chi connectivity index (χ0) is 89.8. The van der Waals surface area contributed by atoms with E-state index in [1.54, 1.807) is 106 Å². The molecule has 0 atom stereocenters. The number of nitriles is 1. The molecule has 0 unspecified atom stereocenters. The van der Waals surface area contributed by atoms with Crippen LogP contribution in [0.3, 0.4) is 0 Å². The molecule has 12 aromatic rings. The molecule has 4 aliphatic heterocycles. The van der Waals surface area contributed by atoms with Gasteiger partial charge in [0, 0.05) is 190 Å². The van der Waals surface area contributed by atoms with Crippen molar-refractivity contribution >= 4 is 111 Å². The number of ether oxygens (including phenoxy) is 3. The van der Waals surface area contributed by atoms with Gasteiger partial charge in [0.05, 0.1) is 76.0 Å². The Bertz CT molecular complexity index is 5790. The predicted octanol–water partition coefficient (Wildman–Crippen LogP) is 19.5. The van der Waals surface area contributed by atoms with Gasteiger partial charge in [-0.1, -0.05) is 108 Å². The summed E-state index contributed by atoms with van der Waals surface area (Å²) in [7, 11) is 9.01. The summed E-state index contributed by atoms with van der Waals surface area (Å²) in [6.07, 6.45) is 5.19. The normalized spacial score (nSPS) is 15.3. The molecule has 22 nitrogen and oxygen atoms in total. The number of carbonyl (C=O) groups is 3. The smallest absolute Gasteiger partial charge is 0.512 e. The number of halogens is 5. The van der Waals surface area contributed by atoms with E-state index in [0.29, 0.717) is 80.0 Å². The minimum absolute atomic E-state index is 0. The summed E-state index contributed by atoms with van der Waals surface area (Å²) in [5, 5.41) is 18.3. The Morgan fingerprint density at radius 1 is 0.456 bits per heavy atom. The van der Waals surface area contributed by atoms with E-state index in [1.165, 1.54) is 0 Å². The van der Waals surface area contributed by atoms with Crippen LogP contribution in [0.2, 0.25) is 15.1 Å². The van der Waals surface area contributed by atoms with Gasteiger partial charge in [0.2, 0.25) is 0 Å². The maximum Gasteiger partial charge on any atom is 1.00 e. The first-order chi connectivity index (χ1) is 59.1. The quantitative estimate of drug-likeness (QED) is 0.0684. The average molecular weight is 1830 g/mol. The molecule has 660 valence electrons. The van der Waals surface area contributed by atoms with E-state index in [-0.39, 0.29) is 82.1 Å². The molecule has 0 aliphatic carbocycles. The van der Waals surface area contributed by atoms with Gasteiger partial charge in [0.1, 0.15) is 33.8 Å². The van der Waals surface area contributed by atoms with Crippen molar-refractivity contribution in [3.63, 3.8) is 0 Å². The third-order valence-corrected chi connectivity index (χ3v) is 24.2. The summed E-state index contributed by atoms with van der Waals surface area (Å²) in [6.45, 7) is 35.9. The minimum Gasteiger partial charge on any atom is -0.512 e. The minimum atomic E-state index is -1.00. The monoisotopic (exact) mass is 1820 g/mol. The summed E-state index contributed by atoms with van der Waals surface area (Å²) in [4.78, 5) is 61.4. The van der Waals surface area contributed by atoms with Crippen LogP contribution in [0.1, 0.15) is 124 Å². The number of fused-ring (bicyclic) bond motifs is 3. The van der Waals surface area contributed by atoms with Gasteiger partial charge in [0.15, 0.2) is 16.7 Å². The molecule has 4 aliphatic rings. The Kier molecular flexibility index (Phi) is 33.2. The molecule has 6 aromatic carbocycles. The van der Waals surface area contributed by atoms with E-state index in [0.717, 1.165) is 148 Å². The molecule has 10 heterocycles. The van der Waals surface area contributed by atoms with Gasteiger partial charge in [-0.05, 0) is 175 Å². The number of benzene rings is 6. The van der Waals surface area contributed by atoms with E-state index in [1.807, 2.05) is 97.1 Å². The maximum atomic E-state index is 12.2. The molecule has 0 spiro atoms. The number of furan rings is 3. The molecule has 4 fully saturated rings. The zero-order valence-electron chi connectivity index (χ0n) is 74.2. The summed E-state index contributed by atoms with van der Waals surface area (Å²) >= 11 is 19.6. The molecular weight excluding hydrogens is 1720 g/mol. The van der Waals surface area contributed by atoms with E-state index in [9.17, 15) is 24.0 Å². The van der Waals surface area contributed by atoms with Crippen molar-refractivity contribution in [2.75, 3.05) is 128 Å². The molecule has 0 radical (unpaired) electrons. The van der Waals surface area contributed by atoms with E-state index in [2.05, 4.69) is 141 Å². The molecule has 0 bridgehead atoms. The zero-order valence-corrected chi connectivity index (χ0v) is 77.2. The third kappa shape index (κ3) is 22.2. The molecular formula is C96H106BCl4CuFN11O11. The summed E-state index contributed by atoms with van der Waals surface area (Å²) in [6, 6.07) is 54.1. The van der Waals surface area contributed by atoms with Crippen LogP contribution in [-0.2, 0) is 57.2 Å². The Morgan fingerprint density at radius 2 is 0.760 bits per heavy atom. The van der Waals surface area contributed by atoms with E-state index in [4.69, 9.17) is 84.8 Å². The number of nitrogens with zero attached hydrogens (tertiary/aromatic N) is 11. The Balaban J connectivity index is 0.000000190. The summed E-state index contributed by atoms with van der Waals surface area (Å²) in [5.74, 6) is 1.93. The molecule has 6 aromatic heterocycles. The van der Waals surface area contributed by atoms with Crippen molar-refractivity contribution in [2.45, 2.75) is 97.1 Å². The molecule has 0 N–H and O–H groups in total. The Hall–Kier alpha value is -9.87. The Morgan fingerprint density at radius 3 is 1.10 bits per heavy atom. The molecule has 3 amide bonds. The second kappa shape index (κ2) is 42.6.